The molecule has 38 heavy (non-hydrogen) atoms. The Hall–Kier alpha value is -4.48. The molecule has 182 valence electrons. The molecule has 8 aromatic rings. The van der Waals surface area contributed by atoms with E-state index in [1.165, 1.54) is 54.8 Å². The lowest BCUT2D eigenvalue weighted by atomic mass is 9.96. The number of hydrogen-bond acceptors (Lipinski definition) is 3. The van der Waals surface area contributed by atoms with Crippen molar-refractivity contribution in [3.05, 3.63) is 103 Å². The molecule has 0 N–H and O–H groups in total. The van der Waals surface area contributed by atoms with Gasteiger partial charge in [0.15, 0.2) is 0 Å². The number of benzene rings is 4. The first-order valence-corrected chi connectivity index (χ1v) is 13.7. The number of nitrogens with zero attached hydrogens (tertiary/aromatic N) is 4. The van der Waals surface area contributed by atoms with Gasteiger partial charge in [0.2, 0.25) is 0 Å². The quantitative estimate of drug-likeness (QED) is 0.239. The smallest absolute Gasteiger partial charge is 0.145 e. The van der Waals surface area contributed by atoms with E-state index >= 15 is 0 Å². The van der Waals surface area contributed by atoms with E-state index in [0.717, 1.165) is 28.1 Å². The van der Waals surface area contributed by atoms with Gasteiger partial charge in [-0.3, -0.25) is 4.40 Å². The molecule has 0 atom stereocenters. The molecular formula is C33H24N4S. The van der Waals surface area contributed by atoms with Crippen LogP contribution < -0.4 is 0 Å². The van der Waals surface area contributed by atoms with Gasteiger partial charge in [0.1, 0.15) is 10.5 Å². The SMILES string of the molecule is CCn1c2ccccc2c2cc(-c3cccc(-c4ccc5c(c4)c4c(C)nsc4n4ccnc54)c3)ccc21. The number of para-hydroxylation sites is 1. The number of fused-ring (bicyclic) bond motifs is 9. The predicted octanol–water partition coefficient (Wildman–Crippen LogP) is 8.87. The Morgan fingerprint density at radius 2 is 1.45 bits per heavy atom. The molecule has 0 bridgehead atoms. The monoisotopic (exact) mass is 508 g/mol. The Balaban J connectivity index is 1.30. The van der Waals surface area contributed by atoms with Crippen LogP contribution in [0.4, 0.5) is 0 Å². The summed E-state index contributed by atoms with van der Waals surface area (Å²) in [5.41, 5.74) is 9.49. The number of hydrogen-bond donors (Lipinski definition) is 0. The Morgan fingerprint density at radius 3 is 2.29 bits per heavy atom. The van der Waals surface area contributed by atoms with Crippen LogP contribution in [-0.4, -0.2) is 18.3 Å². The summed E-state index contributed by atoms with van der Waals surface area (Å²) in [6.45, 7) is 5.27. The van der Waals surface area contributed by atoms with E-state index in [-0.39, 0.29) is 0 Å². The second-order valence-corrected chi connectivity index (χ2v) is 10.7. The second-order valence-electron chi connectivity index (χ2n) is 9.90. The zero-order valence-corrected chi connectivity index (χ0v) is 22.0. The summed E-state index contributed by atoms with van der Waals surface area (Å²) >= 11 is 1.54. The maximum absolute atomic E-state index is 4.68. The minimum Gasteiger partial charge on any atom is -0.341 e. The number of rotatable bonds is 3. The summed E-state index contributed by atoms with van der Waals surface area (Å²) in [4.78, 5) is 5.80. The van der Waals surface area contributed by atoms with Crippen molar-refractivity contribution >= 4 is 60.0 Å². The van der Waals surface area contributed by atoms with Gasteiger partial charge in [-0.2, -0.15) is 4.37 Å². The molecule has 0 aliphatic rings. The molecule has 5 heteroatoms. The Bertz CT molecular complexity index is 2190. The lowest BCUT2D eigenvalue weighted by Gasteiger charge is -2.10. The number of pyridine rings is 1. The van der Waals surface area contributed by atoms with Gasteiger partial charge in [-0.1, -0.05) is 48.5 Å². The van der Waals surface area contributed by atoms with E-state index in [0.29, 0.717) is 0 Å². The fourth-order valence-corrected chi connectivity index (χ4v) is 6.98. The molecule has 0 aliphatic carbocycles. The van der Waals surface area contributed by atoms with Crippen molar-refractivity contribution in [3.63, 3.8) is 0 Å². The lowest BCUT2D eigenvalue weighted by Crippen LogP contribution is -1.92. The highest BCUT2D eigenvalue weighted by Gasteiger charge is 2.15. The van der Waals surface area contributed by atoms with E-state index < -0.39 is 0 Å². The van der Waals surface area contributed by atoms with Crippen LogP contribution >= 0.6 is 11.5 Å². The summed E-state index contributed by atoms with van der Waals surface area (Å²) < 4.78 is 9.24. The van der Waals surface area contributed by atoms with Gasteiger partial charge in [-0.15, -0.1) is 0 Å². The van der Waals surface area contributed by atoms with Crippen molar-refractivity contribution in [1.82, 2.24) is 18.3 Å². The average Bonchev–Trinajstić information content (AvgIpc) is 3.68. The van der Waals surface area contributed by atoms with Crippen LogP contribution in [0.3, 0.4) is 0 Å². The number of aromatic nitrogens is 4. The van der Waals surface area contributed by atoms with Crippen LogP contribution in [0, 0.1) is 6.92 Å². The van der Waals surface area contributed by atoms with E-state index in [1.807, 2.05) is 12.4 Å². The van der Waals surface area contributed by atoms with Gasteiger partial charge in [0.25, 0.3) is 0 Å². The Morgan fingerprint density at radius 1 is 0.711 bits per heavy atom. The molecule has 4 aromatic heterocycles. The summed E-state index contributed by atoms with van der Waals surface area (Å²) in [6, 6.07) is 31.2. The van der Waals surface area contributed by atoms with E-state index in [4.69, 9.17) is 0 Å². The average molecular weight is 509 g/mol. The molecule has 0 saturated heterocycles. The van der Waals surface area contributed by atoms with Crippen LogP contribution in [0.2, 0.25) is 0 Å². The van der Waals surface area contributed by atoms with Crippen LogP contribution in [0.15, 0.2) is 97.3 Å². The van der Waals surface area contributed by atoms with Crippen molar-refractivity contribution < 1.29 is 0 Å². The first kappa shape index (κ1) is 21.6. The van der Waals surface area contributed by atoms with Crippen LogP contribution in [-0.2, 0) is 6.54 Å². The fraction of sp³-hybridized carbons (Fsp3) is 0.0909. The van der Waals surface area contributed by atoms with Crippen molar-refractivity contribution in [2.24, 2.45) is 0 Å². The second kappa shape index (κ2) is 8.01. The third-order valence-electron chi connectivity index (χ3n) is 7.85. The summed E-state index contributed by atoms with van der Waals surface area (Å²) in [7, 11) is 0. The summed E-state index contributed by atoms with van der Waals surface area (Å²) in [5, 5.41) is 6.20. The number of imidazole rings is 1. The first-order chi connectivity index (χ1) is 18.7. The zero-order valence-electron chi connectivity index (χ0n) is 21.1. The Kier molecular flexibility index (Phi) is 4.55. The molecule has 0 saturated carbocycles. The molecular weight excluding hydrogens is 484 g/mol. The van der Waals surface area contributed by atoms with Gasteiger partial charge in [0, 0.05) is 51.5 Å². The topological polar surface area (TPSA) is 35.1 Å². The van der Waals surface area contributed by atoms with Crippen LogP contribution in [0.5, 0.6) is 0 Å². The third-order valence-corrected chi connectivity index (χ3v) is 8.79. The standard InChI is InChI=1S/C33H24N4S/c1-3-36-29-10-5-4-9-25(29)27-18-24(12-14-30(27)36)22-8-6-7-21(17-22)23-11-13-26-28(19-23)31-20(2)35-38-33(31)37-16-15-34-32(26)37/h4-19H,3H2,1-2H3. The van der Waals surface area contributed by atoms with Gasteiger partial charge in [-0.05, 0) is 89.4 Å². The Labute approximate surface area is 223 Å². The molecule has 0 unspecified atom stereocenters. The van der Waals surface area contributed by atoms with Crippen molar-refractivity contribution in [2.45, 2.75) is 20.4 Å². The van der Waals surface area contributed by atoms with Crippen molar-refractivity contribution in [2.75, 3.05) is 0 Å². The number of aryl methyl sites for hydroxylation is 2. The highest BCUT2D eigenvalue weighted by atomic mass is 32.1. The van der Waals surface area contributed by atoms with Gasteiger partial charge in [-0.25, -0.2) is 4.98 Å². The molecule has 0 aliphatic heterocycles. The van der Waals surface area contributed by atoms with Crippen LogP contribution in [0.25, 0.3) is 70.7 Å². The first-order valence-electron chi connectivity index (χ1n) is 13.0. The zero-order chi connectivity index (χ0) is 25.4. The molecule has 0 radical (unpaired) electrons. The van der Waals surface area contributed by atoms with Crippen LogP contribution in [0.1, 0.15) is 12.6 Å². The fourth-order valence-electron chi connectivity index (χ4n) is 6.08. The molecule has 4 nitrogen and oxygen atoms in total. The minimum atomic E-state index is 0.957. The van der Waals surface area contributed by atoms with Gasteiger partial charge >= 0.3 is 0 Å². The predicted molar refractivity (Wildman–Crippen MR) is 160 cm³/mol. The van der Waals surface area contributed by atoms with Gasteiger partial charge in [0.05, 0.1) is 5.69 Å². The van der Waals surface area contributed by atoms with E-state index in [2.05, 4.69) is 117 Å². The maximum atomic E-state index is 4.68. The summed E-state index contributed by atoms with van der Waals surface area (Å²) in [5.74, 6) is 0. The van der Waals surface area contributed by atoms with Gasteiger partial charge < -0.3 is 4.57 Å². The molecule has 0 spiro atoms. The molecule has 0 fully saturated rings. The van der Waals surface area contributed by atoms with Crippen molar-refractivity contribution in [3.8, 4) is 22.3 Å². The molecule has 0 amide bonds. The van der Waals surface area contributed by atoms with E-state index in [9.17, 15) is 0 Å². The highest BCUT2D eigenvalue weighted by molar-refractivity contribution is 7.13. The lowest BCUT2D eigenvalue weighted by molar-refractivity contribution is 0.827. The maximum Gasteiger partial charge on any atom is 0.145 e. The largest absolute Gasteiger partial charge is 0.341 e. The molecule has 4 aromatic carbocycles. The molecule has 4 heterocycles. The molecule has 8 rings (SSSR count). The minimum absolute atomic E-state index is 0.957. The third kappa shape index (κ3) is 2.96. The van der Waals surface area contributed by atoms with E-state index in [1.54, 1.807) is 11.5 Å². The summed E-state index contributed by atoms with van der Waals surface area (Å²) in [6.07, 6.45) is 3.90. The highest BCUT2D eigenvalue weighted by Crippen LogP contribution is 2.37. The van der Waals surface area contributed by atoms with Crippen molar-refractivity contribution in [1.29, 1.82) is 0 Å². The normalized spacial score (nSPS) is 12.1.